The number of benzene rings is 2. The maximum Gasteiger partial charge on any atom is 0.343 e. The van der Waals surface area contributed by atoms with Gasteiger partial charge in [0, 0.05) is 19.4 Å². The Bertz CT molecular complexity index is 1450. The molecule has 1 aliphatic carbocycles. The maximum atomic E-state index is 14.1. The molecule has 1 fully saturated rings. The molecule has 3 heterocycles. The first kappa shape index (κ1) is 19.3. The van der Waals surface area contributed by atoms with Gasteiger partial charge in [0.2, 0.25) is 17.7 Å². The van der Waals surface area contributed by atoms with Gasteiger partial charge in [-0.3, -0.25) is 24.0 Å². The van der Waals surface area contributed by atoms with Crippen LogP contribution in [0.3, 0.4) is 0 Å². The highest BCUT2D eigenvalue weighted by molar-refractivity contribution is 6.45. The van der Waals surface area contributed by atoms with Crippen molar-refractivity contribution in [2.75, 3.05) is 9.80 Å². The van der Waals surface area contributed by atoms with Gasteiger partial charge in [-0.25, -0.2) is 14.6 Å². The fourth-order valence-electron chi connectivity index (χ4n) is 5.70. The van der Waals surface area contributed by atoms with E-state index in [1.54, 1.807) is 36.4 Å². The highest BCUT2D eigenvalue weighted by atomic mass is 16.6. The summed E-state index contributed by atoms with van der Waals surface area (Å²) in [5.41, 5.74) is -0.836. The standard InChI is InChI=1S/C24H14N2O7/c1-10(27)25-15-9-5-7-13-16(15)17(20(25)29)18-19(22(31)33-21(18)30)24(13)12-6-3-4-8-14(12)26(11(2)28)23(24)32/h3-9,19H,1-2H3/t19-,24+/m1/s1. The van der Waals surface area contributed by atoms with Crippen molar-refractivity contribution in [3.8, 4) is 0 Å². The Kier molecular flexibility index (Phi) is 3.44. The van der Waals surface area contributed by atoms with Crippen LogP contribution >= 0.6 is 0 Å². The Balaban J connectivity index is 1.82. The molecule has 0 bridgehead atoms. The van der Waals surface area contributed by atoms with Crippen LogP contribution in [0.25, 0.3) is 5.57 Å². The zero-order chi connectivity index (χ0) is 23.4. The first-order valence-corrected chi connectivity index (χ1v) is 10.2. The average Bonchev–Trinajstić information content (AvgIpc) is 3.32. The van der Waals surface area contributed by atoms with E-state index in [4.69, 9.17) is 4.74 Å². The molecule has 0 unspecified atom stereocenters. The minimum atomic E-state index is -1.80. The molecule has 3 aliphatic heterocycles. The number of nitrogens with zero attached hydrogens (tertiary/aromatic N) is 2. The predicted molar refractivity (Wildman–Crippen MR) is 112 cm³/mol. The summed E-state index contributed by atoms with van der Waals surface area (Å²) in [5.74, 6) is -6.11. The van der Waals surface area contributed by atoms with E-state index in [0.717, 1.165) is 9.80 Å². The van der Waals surface area contributed by atoms with Gasteiger partial charge in [0.15, 0.2) is 0 Å². The number of anilines is 2. The third-order valence-electron chi connectivity index (χ3n) is 6.76. The van der Waals surface area contributed by atoms with Crippen LogP contribution in [0.1, 0.15) is 30.5 Å². The van der Waals surface area contributed by atoms with Gasteiger partial charge in [0.05, 0.1) is 22.5 Å². The van der Waals surface area contributed by atoms with Crippen LogP contribution in [0.4, 0.5) is 11.4 Å². The van der Waals surface area contributed by atoms with E-state index in [1.165, 1.54) is 19.9 Å². The molecule has 2 aromatic rings. The molecule has 9 heteroatoms. The molecule has 0 N–H and O–H groups in total. The van der Waals surface area contributed by atoms with Crippen LogP contribution in [0.15, 0.2) is 48.0 Å². The van der Waals surface area contributed by atoms with Gasteiger partial charge in [-0.2, -0.15) is 0 Å². The smallest absolute Gasteiger partial charge is 0.343 e. The summed E-state index contributed by atoms with van der Waals surface area (Å²) in [4.78, 5) is 80.1. The lowest BCUT2D eigenvalue weighted by atomic mass is 9.59. The van der Waals surface area contributed by atoms with Crippen LogP contribution in [-0.2, 0) is 38.9 Å². The number of ether oxygens (including phenoxy) is 1. The molecule has 0 saturated carbocycles. The lowest BCUT2D eigenvalue weighted by Crippen LogP contribution is -2.51. The molecule has 4 amide bonds. The summed E-state index contributed by atoms with van der Waals surface area (Å²) in [5, 5.41) is 0. The van der Waals surface area contributed by atoms with Gasteiger partial charge in [-0.1, -0.05) is 30.3 Å². The molecule has 4 aliphatic rings. The second-order valence-electron chi connectivity index (χ2n) is 8.27. The molecule has 0 aromatic heterocycles. The number of carbonyl (C=O) groups is 6. The maximum absolute atomic E-state index is 14.1. The van der Waals surface area contributed by atoms with Gasteiger partial charge >= 0.3 is 11.9 Å². The third kappa shape index (κ3) is 1.94. The summed E-state index contributed by atoms with van der Waals surface area (Å²) >= 11 is 0. The SMILES string of the molecule is CC(=O)N1C(=O)[C@@]2(c3ccccc31)c1cccc3c1C(=C1C(=O)OC(=O)[C@@H]12)C(=O)N3C(C)=O. The largest absolute Gasteiger partial charge is 0.389 e. The van der Waals surface area contributed by atoms with E-state index in [-0.39, 0.29) is 33.6 Å². The summed E-state index contributed by atoms with van der Waals surface area (Å²) in [6, 6.07) is 11.2. The fraction of sp³-hybridized carbons (Fsp3) is 0.167. The number of hydrogen-bond donors (Lipinski definition) is 0. The Morgan fingerprint density at radius 3 is 2.18 bits per heavy atom. The molecule has 1 spiro atoms. The van der Waals surface area contributed by atoms with Gasteiger partial charge in [-0.15, -0.1) is 0 Å². The van der Waals surface area contributed by atoms with E-state index in [0.29, 0.717) is 5.56 Å². The van der Waals surface area contributed by atoms with Gasteiger partial charge in [0.25, 0.3) is 5.91 Å². The number of imide groups is 2. The third-order valence-corrected chi connectivity index (χ3v) is 6.76. The van der Waals surface area contributed by atoms with E-state index >= 15 is 0 Å². The highest BCUT2D eigenvalue weighted by Gasteiger charge is 2.69. The molecule has 162 valence electrons. The molecule has 6 rings (SSSR count). The Labute approximate surface area is 186 Å². The first-order chi connectivity index (χ1) is 15.7. The molecule has 2 aromatic carbocycles. The number of para-hydroxylation sites is 1. The lowest BCUT2D eigenvalue weighted by molar-refractivity contribution is -0.154. The van der Waals surface area contributed by atoms with Crippen LogP contribution in [0.2, 0.25) is 0 Å². The topological polar surface area (TPSA) is 118 Å². The van der Waals surface area contributed by atoms with Gasteiger partial charge in [-0.05, 0) is 23.3 Å². The summed E-state index contributed by atoms with van der Waals surface area (Å²) < 4.78 is 4.94. The number of carbonyl (C=O) groups excluding carboxylic acids is 6. The lowest BCUT2D eigenvalue weighted by Gasteiger charge is -2.37. The minimum absolute atomic E-state index is 0.117. The summed E-state index contributed by atoms with van der Waals surface area (Å²) in [7, 11) is 0. The van der Waals surface area contributed by atoms with Crippen molar-refractivity contribution in [3.05, 3.63) is 64.7 Å². The normalized spacial score (nSPS) is 24.4. The van der Waals surface area contributed by atoms with Gasteiger partial charge in [0.1, 0.15) is 11.3 Å². The number of fused-ring (bicyclic) bond motifs is 5. The van der Waals surface area contributed by atoms with Crippen LogP contribution in [0.5, 0.6) is 0 Å². The Morgan fingerprint density at radius 2 is 1.48 bits per heavy atom. The molecule has 2 atom stereocenters. The van der Waals surface area contributed by atoms with Gasteiger partial charge < -0.3 is 4.74 Å². The second kappa shape index (κ2) is 5.89. The Hall–Kier alpha value is -4.40. The fourth-order valence-corrected chi connectivity index (χ4v) is 5.70. The van der Waals surface area contributed by atoms with E-state index in [1.807, 2.05) is 0 Å². The van der Waals surface area contributed by atoms with Crippen molar-refractivity contribution < 1.29 is 33.5 Å². The Morgan fingerprint density at radius 1 is 0.848 bits per heavy atom. The second-order valence-corrected chi connectivity index (χ2v) is 8.27. The zero-order valence-electron chi connectivity index (χ0n) is 17.4. The monoisotopic (exact) mass is 442 g/mol. The number of amides is 4. The predicted octanol–water partition coefficient (Wildman–Crippen LogP) is 1.23. The van der Waals surface area contributed by atoms with Crippen molar-refractivity contribution in [1.29, 1.82) is 0 Å². The van der Waals surface area contributed by atoms with Crippen LogP contribution < -0.4 is 9.80 Å². The van der Waals surface area contributed by atoms with E-state index < -0.39 is 46.9 Å². The minimum Gasteiger partial charge on any atom is -0.389 e. The van der Waals surface area contributed by atoms with Crippen LogP contribution in [0, 0.1) is 5.92 Å². The number of rotatable bonds is 0. The average molecular weight is 442 g/mol. The summed E-state index contributed by atoms with van der Waals surface area (Å²) in [6.45, 7) is 2.44. The highest BCUT2D eigenvalue weighted by Crippen LogP contribution is 2.62. The van der Waals surface area contributed by atoms with Crippen molar-refractivity contribution in [2.45, 2.75) is 19.3 Å². The number of esters is 2. The van der Waals surface area contributed by atoms with Crippen molar-refractivity contribution >= 4 is 52.5 Å². The van der Waals surface area contributed by atoms with E-state index in [9.17, 15) is 28.8 Å². The zero-order valence-corrected chi connectivity index (χ0v) is 17.4. The first-order valence-electron chi connectivity index (χ1n) is 10.2. The number of hydrogen-bond acceptors (Lipinski definition) is 7. The van der Waals surface area contributed by atoms with Crippen LogP contribution in [-0.4, -0.2) is 35.6 Å². The van der Waals surface area contributed by atoms with Crippen molar-refractivity contribution in [2.24, 2.45) is 5.92 Å². The molecule has 33 heavy (non-hydrogen) atoms. The molecular formula is C24H14N2O7. The molecule has 0 radical (unpaired) electrons. The number of cyclic esters (lactones) is 2. The molecular weight excluding hydrogens is 428 g/mol. The summed E-state index contributed by atoms with van der Waals surface area (Å²) in [6.07, 6.45) is 0. The quantitative estimate of drug-likeness (QED) is 0.445. The van der Waals surface area contributed by atoms with E-state index in [2.05, 4.69) is 0 Å². The molecule has 1 saturated heterocycles. The molecule has 9 nitrogen and oxygen atoms in total. The van der Waals surface area contributed by atoms with Crippen molar-refractivity contribution in [3.63, 3.8) is 0 Å². The van der Waals surface area contributed by atoms with Crippen molar-refractivity contribution in [1.82, 2.24) is 0 Å².